The molecule has 0 fully saturated rings. The summed E-state index contributed by atoms with van der Waals surface area (Å²) in [5.41, 5.74) is 2.35. The number of methoxy groups -OCH3 is 1. The average Bonchev–Trinajstić information content (AvgIpc) is 2.49. The largest absolute Gasteiger partial charge is 0.496 e. The van der Waals surface area contributed by atoms with Crippen LogP contribution in [-0.2, 0) is 12.8 Å². The van der Waals surface area contributed by atoms with Gasteiger partial charge in [0, 0.05) is 23.5 Å². The summed E-state index contributed by atoms with van der Waals surface area (Å²) in [7, 11) is 1.69. The van der Waals surface area contributed by atoms with Gasteiger partial charge in [0.15, 0.2) is 0 Å². The molecular weight excluding hydrogens is 284 g/mol. The minimum absolute atomic E-state index is 0.326. The first-order chi connectivity index (χ1) is 10.2. The summed E-state index contributed by atoms with van der Waals surface area (Å²) in [6.45, 7) is 3.04. The molecule has 112 valence electrons. The number of nitrogens with one attached hydrogen (secondary N) is 1. The van der Waals surface area contributed by atoms with Gasteiger partial charge in [-0.15, -0.1) is 0 Å². The van der Waals surface area contributed by atoms with Crippen LogP contribution in [0.5, 0.6) is 5.75 Å². The molecule has 1 N–H and O–H groups in total. The second-order valence-corrected chi connectivity index (χ2v) is 5.42. The number of rotatable bonds is 7. The lowest BCUT2D eigenvalue weighted by Crippen LogP contribution is -2.33. The summed E-state index contributed by atoms with van der Waals surface area (Å²) < 4.78 is 5.43. The lowest BCUT2D eigenvalue weighted by atomic mass is 9.99. The Labute approximate surface area is 131 Å². The Bertz CT molecular complexity index is 560. The average molecular weight is 305 g/mol. The van der Waals surface area contributed by atoms with Gasteiger partial charge >= 0.3 is 0 Å². The van der Waals surface area contributed by atoms with E-state index in [1.807, 2.05) is 30.5 Å². The lowest BCUT2D eigenvalue weighted by molar-refractivity contribution is 0.404. The summed E-state index contributed by atoms with van der Waals surface area (Å²) in [6, 6.07) is 10.2. The van der Waals surface area contributed by atoms with Crippen LogP contribution in [0.25, 0.3) is 0 Å². The van der Waals surface area contributed by atoms with E-state index in [2.05, 4.69) is 23.3 Å². The fraction of sp³-hybridized carbons (Fsp3) is 0.353. The molecule has 1 aromatic carbocycles. The standard InChI is InChI=1S/C17H21ClN2O/c1-3-20-16(9-13-5-4-8-19-12-13)11-14-10-15(18)6-7-17(14)21-2/h4-8,10,12,16,20H,3,9,11H2,1-2H3. The molecule has 0 aliphatic rings. The van der Waals surface area contributed by atoms with Crippen molar-refractivity contribution in [3.05, 3.63) is 58.9 Å². The van der Waals surface area contributed by atoms with Crippen molar-refractivity contribution >= 4 is 11.6 Å². The number of ether oxygens (including phenoxy) is 1. The molecular formula is C17H21ClN2O. The van der Waals surface area contributed by atoms with Crippen molar-refractivity contribution in [2.75, 3.05) is 13.7 Å². The molecule has 1 aromatic heterocycles. The zero-order valence-corrected chi connectivity index (χ0v) is 13.2. The fourth-order valence-electron chi connectivity index (χ4n) is 2.48. The van der Waals surface area contributed by atoms with Crippen LogP contribution < -0.4 is 10.1 Å². The fourth-order valence-corrected chi connectivity index (χ4v) is 2.68. The van der Waals surface area contributed by atoms with Crippen LogP contribution >= 0.6 is 11.6 Å². The number of hydrogen-bond acceptors (Lipinski definition) is 3. The van der Waals surface area contributed by atoms with Crippen LogP contribution in [0, 0.1) is 0 Å². The van der Waals surface area contributed by atoms with Gasteiger partial charge in [-0.1, -0.05) is 24.6 Å². The van der Waals surface area contributed by atoms with Gasteiger partial charge in [0.2, 0.25) is 0 Å². The summed E-state index contributed by atoms with van der Waals surface area (Å²) in [6.07, 6.45) is 5.51. The highest BCUT2D eigenvalue weighted by atomic mass is 35.5. The summed E-state index contributed by atoms with van der Waals surface area (Å²) >= 11 is 6.11. The summed E-state index contributed by atoms with van der Waals surface area (Å²) in [5, 5.41) is 4.26. The molecule has 0 bridgehead atoms. The Morgan fingerprint density at radius 2 is 2.14 bits per heavy atom. The normalized spacial score (nSPS) is 12.1. The third-order valence-corrected chi connectivity index (χ3v) is 3.64. The molecule has 1 heterocycles. The van der Waals surface area contributed by atoms with Gasteiger partial charge in [-0.05, 0) is 54.8 Å². The molecule has 2 rings (SSSR count). The smallest absolute Gasteiger partial charge is 0.122 e. The van der Waals surface area contributed by atoms with Crippen LogP contribution in [0.2, 0.25) is 5.02 Å². The maximum atomic E-state index is 6.11. The molecule has 0 saturated carbocycles. The number of aromatic nitrogens is 1. The van der Waals surface area contributed by atoms with Crippen molar-refractivity contribution < 1.29 is 4.74 Å². The van der Waals surface area contributed by atoms with Crippen LogP contribution in [0.1, 0.15) is 18.1 Å². The van der Waals surface area contributed by atoms with Crippen molar-refractivity contribution in [3.8, 4) is 5.75 Å². The van der Waals surface area contributed by atoms with Crippen molar-refractivity contribution in [2.45, 2.75) is 25.8 Å². The summed E-state index contributed by atoms with van der Waals surface area (Å²) in [5.74, 6) is 0.883. The second-order valence-electron chi connectivity index (χ2n) is 4.98. The molecule has 0 aliphatic heterocycles. The Morgan fingerprint density at radius 3 is 2.81 bits per heavy atom. The number of nitrogens with zero attached hydrogens (tertiary/aromatic N) is 1. The molecule has 0 saturated heterocycles. The third kappa shape index (κ3) is 4.73. The lowest BCUT2D eigenvalue weighted by Gasteiger charge is -2.19. The highest BCUT2D eigenvalue weighted by molar-refractivity contribution is 6.30. The van der Waals surface area contributed by atoms with E-state index < -0.39 is 0 Å². The topological polar surface area (TPSA) is 34.2 Å². The van der Waals surface area contributed by atoms with E-state index in [-0.39, 0.29) is 0 Å². The first-order valence-electron chi connectivity index (χ1n) is 7.17. The van der Waals surface area contributed by atoms with E-state index >= 15 is 0 Å². The monoisotopic (exact) mass is 304 g/mol. The number of halogens is 1. The number of likely N-dealkylation sites (N-methyl/N-ethyl adjacent to an activating group) is 1. The quantitative estimate of drug-likeness (QED) is 0.850. The van der Waals surface area contributed by atoms with Crippen LogP contribution in [0.4, 0.5) is 0 Å². The highest BCUT2D eigenvalue weighted by Gasteiger charge is 2.13. The predicted octanol–water partition coefficient (Wildman–Crippen LogP) is 3.51. The molecule has 2 aromatic rings. The molecule has 0 spiro atoms. The van der Waals surface area contributed by atoms with Crippen LogP contribution in [-0.4, -0.2) is 24.7 Å². The zero-order chi connectivity index (χ0) is 15.1. The van der Waals surface area contributed by atoms with Gasteiger partial charge < -0.3 is 10.1 Å². The first kappa shape index (κ1) is 15.8. The van der Waals surface area contributed by atoms with Crippen molar-refractivity contribution in [1.82, 2.24) is 10.3 Å². The molecule has 0 aliphatic carbocycles. The Kier molecular flexibility index (Phi) is 6.03. The molecule has 0 radical (unpaired) electrons. The maximum absolute atomic E-state index is 6.11. The van der Waals surface area contributed by atoms with Crippen LogP contribution in [0.15, 0.2) is 42.7 Å². The zero-order valence-electron chi connectivity index (χ0n) is 12.5. The minimum atomic E-state index is 0.326. The molecule has 1 unspecified atom stereocenters. The van der Waals surface area contributed by atoms with Gasteiger partial charge in [0.05, 0.1) is 7.11 Å². The number of benzene rings is 1. The van der Waals surface area contributed by atoms with Crippen molar-refractivity contribution in [2.24, 2.45) is 0 Å². The predicted molar refractivity (Wildman–Crippen MR) is 87.1 cm³/mol. The first-order valence-corrected chi connectivity index (χ1v) is 7.55. The van der Waals surface area contributed by atoms with Gasteiger partial charge in [-0.3, -0.25) is 4.98 Å². The van der Waals surface area contributed by atoms with Crippen molar-refractivity contribution in [1.29, 1.82) is 0 Å². The van der Waals surface area contributed by atoms with E-state index in [4.69, 9.17) is 16.3 Å². The Hall–Kier alpha value is -1.58. The molecule has 4 heteroatoms. The van der Waals surface area contributed by atoms with E-state index in [0.717, 1.165) is 35.7 Å². The van der Waals surface area contributed by atoms with Gasteiger partial charge in [-0.2, -0.15) is 0 Å². The third-order valence-electron chi connectivity index (χ3n) is 3.41. The van der Waals surface area contributed by atoms with Gasteiger partial charge in [0.25, 0.3) is 0 Å². The van der Waals surface area contributed by atoms with E-state index in [0.29, 0.717) is 6.04 Å². The van der Waals surface area contributed by atoms with Crippen molar-refractivity contribution in [3.63, 3.8) is 0 Å². The highest BCUT2D eigenvalue weighted by Crippen LogP contribution is 2.24. The van der Waals surface area contributed by atoms with Crippen LogP contribution in [0.3, 0.4) is 0 Å². The Morgan fingerprint density at radius 1 is 1.29 bits per heavy atom. The van der Waals surface area contributed by atoms with Gasteiger partial charge in [-0.25, -0.2) is 0 Å². The van der Waals surface area contributed by atoms with E-state index in [9.17, 15) is 0 Å². The number of pyridine rings is 1. The SMILES string of the molecule is CCNC(Cc1cccnc1)Cc1cc(Cl)ccc1OC. The number of hydrogen-bond donors (Lipinski definition) is 1. The minimum Gasteiger partial charge on any atom is -0.496 e. The Balaban J connectivity index is 2.14. The molecule has 21 heavy (non-hydrogen) atoms. The summed E-state index contributed by atoms with van der Waals surface area (Å²) in [4.78, 5) is 4.18. The van der Waals surface area contributed by atoms with E-state index in [1.165, 1.54) is 5.56 Å². The molecule has 0 amide bonds. The second kappa shape index (κ2) is 8.01. The molecule has 1 atom stereocenters. The van der Waals surface area contributed by atoms with Gasteiger partial charge in [0.1, 0.15) is 5.75 Å². The molecule has 3 nitrogen and oxygen atoms in total. The maximum Gasteiger partial charge on any atom is 0.122 e. The van der Waals surface area contributed by atoms with E-state index in [1.54, 1.807) is 13.3 Å².